The molecule has 13 nitrogen and oxygen atoms in total. The number of hydrogen-bond donors (Lipinski definition) is 3. The average molecular weight is 1010 g/mol. The molecule has 2 unspecified atom stereocenters. The molecule has 4 aromatic rings. The molecule has 378 valence electrons. The minimum Gasteiger partial charge on any atom is -0.496 e. The summed E-state index contributed by atoms with van der Waals surface area (Å²) in [5.41, 5.74) is 14.3. The number of hydrogen-bond acceptors (Lipinski definition) is 13. The molecule has 1 saturated heterocycles. The van der Waals surface area contributed by atoms with Crippen molar-refractivity contribution >= 4 is 57.0 Å². The number of ketones is 2. The van der Waals surface area contributed by atoms with Crippen LogP contribution in [0.15, 0.2) is 129 Å². The molecule has 2 aromatic carbocycles. The number of aliphatic hydroxyl groups excluding tert-OH is 1. The molecule has 0 amide bonds. The van der Waals surface area contributed by atoms with E-state index in [1.165, 1.54) is 0 Å². The largest absolute Gasteiger partial charge is 0.496 e. The van der Waals surface area contributed by atoms with Gasteiger partial charge in [-0.05, 0) is 110 Å². The number of anilines is 1. The number of aliphatic hydroxyl groups is 1. The first-order valence-electron chi connectivity index (χ1n) is 25.6. The van der Waals surface area contributed by atoms with Crippen LogP contribution in [0.2, 0.25) is 0 Å². The first kappa shape index (κ1) is 47.7. The molecule has 7 heterocycles. The maximum Gasteiger partial charge on any atom is 0.207 e. The lowest BCUT2D eigenvalue weighted by Crippen LogP contribution is -2.35. The van der Waals surface area contributed by atoms with Crippen molar-refractivity contribution < 1.29 is 38.4 Å². The predicted molar refractivity (Wildman–Crippen MR) is 288 cm³/mol. The number of nitrogens with zero attached hydrogens (tertiary/aromatic N) is 3. The third-order valence-electron chi connectivity index (χ3n) is 15.9. The second kappa shape index (κ2) is 19.2. The van der Waals surface area contributed by atoms with Crippen LogP contribution in [-0.2, 0) is 21.4 Å². The second-order valence-electron chi connectivity index (χ2n) is 20.4. The minimum atomic E-state index is -0.439. The molecule has 74 heavy (non-hydrogen) atoms. The van der Waals surface area contributed by atoms with Gasteiger partial charge in [0, 0.05) is 118 Å². The molecule has 5 aliphatic heterocycles. The number of benzene rings is 2. The molecule has 3 N–H and O–H groups in total. The Labute approximate surface area is 434 Å². The van der Waals surface area contributed by atoms with Crippen LogP contribution in [0.4, 0.5) is 5.69 Å². The Kier molecular flexibility index (Phi) is 12.4. The molecule has 3 aliphatic carbocycles. The van der Waals surface area contributed by atoms with Gasteiger partial charge in [-0.15, -0.1) is 0 Å². The van der Waals surface area contributed by atoms with Crippen LogP contribution in [0, 0.1) is 22.7 Å². The lowest BCUT2D eigenvalue weighted by molar-refractivity contribution is -0.115. The van der Waals surface area contributed by atoms with Crippen molar-refractivity contribution in [2.45, 2.75) is 64.1 Å². The van der Waals surface area contributed by atoms with E-state index in [2.05, 4.69) is 68.4 Å². The predicted octanol–water partition coefficient (Wildman–Crippen LogP) is 10.8. The summed E-state index contributed by atoms with van der Waals surface area (Å²) in [5.74, 6) is 2.47. The number of methoxy groups -OCH3 is 2. The Morgan fingerprint density at radius 2 is 1.57 bits per heavy atom. The van der Waals surface area contributed by atoms with E-state index in [0.717, 1.165) is 116 Å². The van der Waals surface area contributed by atoms with Gasteiger partial charge in [-0.1, -0.05) is 24.3 Å². The van der Waals surface area contributed by atoms with Gasteiger partial charge >= 0.3 is 0 Å². The summed E-state index contributed by atoms with van der Waals surface area (Å²) >= 11 is 1.60. The maximum absolute atomic E-state index is 14.8. The third kappa shape index (κ3) is 8.33. The summed E-state index contributed by atoms with van der Waals surface area (Å²) in [5, 5.41) is 31.7. The van der Waals surface area contributed by atoms with Crippen molar-refractivity contribution in [1.29, 1.82) is 10.8 Å². The maximum atomic E-state index is 14.8. The molecule has 0 spiro atoms. The molecular weight excluding hydrogens is 951 g/mol. The highest BCUT2D eigenvalue weighted by atomic mass is 32.1. The number of Topliss-reactive ketones (excluding diaryl/α,β-unsaturated/α-hetero) is 2. The van der Waals surface area contributed by atoms with Gasteiger partial charge in [0.05, 0.1) is 61.5 Å². The van der Waals surface area contributed by atoms with Crippen LogP contribution in [0.1, 0.15) is 80.4 Å². The van der Waals surface area contributed by atoms with Crippen LogP contribution in [0.25, 0.3) is 28.1 Å². The number of rotatable bonds is 15. The Bertz CT molecular complexity index is 3340. The highest BCUT2D eigenvalue weighted by Crippen LogP contribution is 2.50. The molecule has 12 rings (SSSR count). The Morgan fingerprint density at radius 1 is 0.865 bits per heavy atom. The summed E-state index contributed by atoms with van der Waals surface area (Å²) in [6.07, 6.45) is 20.8. The van der Waals surface area contributed by atoms with E-state index < -0.39 is 5.92 Å². The van der Waals surface area contributed by atoms with Crippen LogP contribution in [0.3, 0.4) is 0 Å². The van der Waals surface area contributed by atoms with Gasteiger partial charge in [-0.2, -0.15) is 11.3 Å². The topological polar surface area (TPSA) is 160 Å². The van der Waals surface area contributed by atoms with E-state index in [0.29, 0.717) is 66.1 Å². The second-order valence-corrected chi connectivity index (χ2v) is 21.2. The summed E-state index contributed by atoms with van der Waals surface area (Å²) in [7, 11) is 5.28. The fraction of sp³-hybridized carbons (Fsp3) is 0.333. The SMILES string of the molecule is COc1cc2c(cc1C1=CC(=N)C=C1C)C1=C(CO2)C(C(=O)C(=N)C2COC(c3cc(-c4cc5c(cc4OC)OCC4=C5N(C5=CCC=C5)CC=C4C(=O)CCCC4CC(O)C4)cn3C)C2)=CCN1c1ccsc1. The monoisotopic (exact) mass is 1010 g/mol. The van der Waals surface area contributed by atoms with Crippen molar-refractivity contribution in [3.05, 3.63) is 152 Å². The van der Waals surface area contributed by atoms with Gasteiger partial charge in [-0.25, -0.2) is 0 Å². The molecule has 0 radical (unpaired) electrons. The number of fused-ring (bicyclic) bond motifs is 4. The Balaban J connectivity index is 0.813. The van der Waals surface area contributed by atoms with Gasteiger partial charge in [0.1, 0.15) is 36.2 Å². The standard InChI is InChI=1S/C60H59N5O8S/c1-33-18-37(61)23-43(33)45-25-47-55(27-53(45)70-4)73-31-49-42(13-16-65(59(47)49)39-14-17-74-32-39)60(68)57(62)36-22-56(71-29-36)50-21-35(28-63(50)2)44-24-46-54(26-52(44)69-3)72-30-48-41(51(67)11-7-8-34-19-40(66)20-34)12-15-64(58(46)48)38-9-5-6-10-38/h5,9-10,12-14,17-18,21,23-28,32,34,36,40,56,61-62,66H,6-8,11,15-16,19-20,22,29-31H2,1-4H3. The lowest BCUT2D eigenvalue weighted by atomic mass is 9.79. The summed E-state index contributed by atoms with van der Waals surface area (Å²) in [6, 6.07) is 12.2. The molecule has 8 aliphatic rings. The highest BCUT2D eigenvalue weighted by molar-refractivity contribution is 7.08. The normalized spacial score (nSPS) is 22.6. The fourth-order valence-corrected chi connectivity index (χ4v) is 12.7. The summed E-state index contributed by atoms with van der Waals surface area (Å²) in [6.45, 7) is 3.62. The van der Waals surface area contributed by atoms with Gasteiger partial charge in [0.2, 0.25) is 5.78 Å². The zero-order chi connectivity index (χ0) is 50.9. The van der Waals surface area contributed by atoms with E-state index in [1.54, 1.807) is 25.6 Å². The molecule has 2 aromatic heterocycles. The molecule has 2 fully saturated rings. The van der Waals surface area contributed by atoms with Crippen LogP contribution >= 0.6 is 11.3 Å². The Morgan fingerprint density at radius 3 is 2.24 bits per heavy atom. The van der Waals surface area contributed by atoms with Gasteiger partial charge < -0.3 is 54.0 Å². The number of carbonyl (C=O) groups is 2. The van der Waals surface area contributed by atoms with E-state index in [-0.39, 0.29) is 49.3 Å². The van der Waals surface area contributed by atoms with Crippen LogP contribution < -0.4 is 23.8 Å². The van der Waals surface area contributed by atoms with Crippen molar-refractivity contribution in [2.75, 3.05) is 52.0 Å². The number of aryl methyl sites for hydroxylation is 1. The van der Waals surface area contributed by atoms with E-state index in [4.69, 9.17) is 29.1 Å². The van der Waals surface area contributed by atoms with E-state index >= 15 is 0 Å². The molecule has 1 saturated carbocycles. The molecule has 2 atom stereocenters. The number of allylic oxidation sites excluding steroid dienone is 7. The van der Waals surface area contributed by atoms with Gasteiger partial charge in [-0.3, -0.25) is 9.59 Å². The molecule has 0 bridgehead atoms. The average Bonchev–Trinajstić information content (AvgIpc) is 4.29. The quantitative estimate of drug-likeness (QED) is 0.0979. The molecule has 14 heteroatoms. The van der Waals surface area contributed by atoms with Crippen molar-refractivity contribution in [3.63, 3.8) is 0 Å². The van der Waals surface area contributed by atoms with Crippen molar-refractivity contribution in [2.24, 2.45) is 18.9 Å². The zero-order valence-corrected chi connectivity index (χ0v) is 42.9. The summed E-state index contributed by atoms with van der Waals surface area (Å²) in [4.78, 5) is 33.2. The lowest BCUT2D eigenvalue weighted by Gasteiger charge is -2.37. The molecular formula is C60H59N5O8S. The first-order chi connectivity index (χ1) is 36.0. The number of ether oxygens (including phenoxy) is 5. The van der Waals surface area contributed by atoms with Crippen molar-refractivity contribution in [1.82, 2.24) is 9.47 Å². The van der Waals surface area contributed by atoms with E-state index in [9.17, 15) is 20.1 Å². The minimum absolute atomic E-state index is 0.00964. The fourth-order valence-electron chi connectivity index (χ4n) is 12.1. The van der Waals surface area contributed by atoms with Crippen molar-refractivity contribution in [3.8, 4) is 34.1 Å². The number of nitrogens with one attached hydrogen (secondary N) is 2. The van der Waals surface area contributed by atoms with Crippen LogP contribution in [0.5, 0.6) is 23.0 Å². The number of carbonyl (C=O) groups excluding carboxylic acids is 2. The smallest absolute Gasteiger partial charge is 0.207 e. The van der Waals surface area contributed by atoms with Crippen LogP contribution in [-0.4, -0.2) is 90.8 Å². The number of thiophene rings is 1. The zero-order valence-electron chi connectivity index (χ0n) is 42.1. The van der Waals surface area contributed by atoms with Gasteiger partial charge in [0.25, 0.3) is 0 Å². The first-order valence-corrected chi connectivity index (χ1v) is 26.5. The Hall–Kier alpha value is -7.26. The third-order valence-corrected chi connectivity index (χ3v) is 16.6. The summed E-state index contributed by atoms with van der Waals surface area (Å²) < 4.78 is 33.4. The number of aromatic nitrogens is 1. The highest BCUT2D eigenvalue weighted by Gasteiger charge is 2.40. The van der Waals surface area contributed by atoms with E-state index in [1.807, 2.05) is 55.8 Å². The van der Waals surface area contributed by atoms with Gasteiger partial charge in [0.15, 0.2) is 5.78 Å².